The lowest BCUT2D eigenvalue weighted by atomic mass is 10.0. The third-order valence-corrected chi connectivity index (χ3v) is 5.40. The summed E-state index contributed by atoms with van der Waals surface area (Å²) in [5, 5.41) is 9.03. The predicted octanol–water partition coefficient (Wildman–Crippen LogP) is 7.10. The normalized spacial score (nSPS) is 10.9. The zero-order chi connectivity index (χ0) is 18.7. The number of hydrogen-bond donors (Lipinski definition) is 1. The average molecular weight is 401 g/mol. The molecule has 0 saturated carbocycles. The summed E-state index contributed by atoms with van der Waals surface area (Å²) >= 11 is 0. The van der Waals surface area contributed by atoms with Gasteiger partial charge in [0.1, 0.15) is 5.82 Å². The third kappa shape index (κ3) is 15.1. The minimum Gasteiger partial charge on any atom is -0.395 e. The van der Waals surface area contributed by atoms with E-state index < -0.39 is 0 Å². The van der Waals surface area contributed by atoms with Gasteiger partial charge in [0.25, 0.3) is 0 Å². The highest BCUT2D eigenvalue weighted by Crippen LogP contribution is 2.14. The average Bonchev–Trinajstić information content (AvgIpc) is 3.09. The van der Waals surface area contributed by atoms with E-state index in [1.165, 1.54) is 103 Å². The van der Waals surface area contributed by atoms with Crippen molar-refractivity contribution in [2.24, 2.45) is 0 Å². The third-order valence-electron chi connectivity index (χ3n) is 5.40. The van der Waals surface area contributed by atoms with Gasteiger partial charge in [0.2, 0.25) is 0 Å². The van der Waals surface area contributed by atoms with E-state index in [2.05, 4.69) is 16.5 Å². The van der Waals surface area contributed by atoms with Gasteiger partial charge in [-0.2, -0.15) is 0 Å². The van der Waals surface area contributed by atoms with E-state index in [-0.39, 0.29) is 19.0 Å². The number of hydrogen-bond acceptors (Lipinski definition) is 2. The molecule has 160 valence electrons. The van der Waals surface area contributed by atoms with E-state index in [0.29, 0.717) is 6.54 Å². The molecule has 0 spiro atoms. The van der Waals surface area contributed by atoms with Crippen LogP contribution in [0, 0.1) is 0 Å². The van der Waals surface area contributed by atoms with E-state index in [1.807, 2.05) is 12.4 Å². The Morgan fingerprint density at radius 1 is 0.741 bits per heavy atom. The molecule has 1 aromatic rings. The summed E-state index contributed by atoms with van der Waals surface area (Å²) < 4.78 is 2.07. The van der Waals surface area contributed by atoms with Crippen LogP contribution in [0.4, 0.5) is 0 Å². The highest BCUT2D eigenvalue weighted by atomic mass is 35.5. The zero-order valence-electron chi connectivity index (χ0n) is 17.8. The molecule has 4 heteroatoms. The van der Waals surface area contributed by atoms with Crippen molar-refractivity contribution in [2.45, 2.75) is 123 Å². The highest BCUT2D eigenvalue weighted by Gasteiger charge is 2.01. The fraction of sp³-hybridized carbons (Fsp3) is 0.870. The molecular formula is C23H45ClN2O. The van der Waals surface area contributed by atoms with Crippen molar-refractivity contribution < 1.29 is 5.11 Å². The molecule has 1 heterocycles. The Bertz CT molecular complexity index is 409. The lowest BCUT2D eigenvalue weighted by molar-refractivity contribution is 0.274. The van der Waals surface area contributed by atoms with Gasteiger partial charge in [0.15, 0.2) is 0 Å². The van der Waals surface area contributed by atoms with Gasteiger partial charge in [0, 0.05) is 25.4 Å². The number of aliphatic hydroxyl groups is 1. The lowest BCUT2D eigenvalue weighted by Crippen LogP contribution is -2.06. The van der Waals surface area contributed by atoms with Crippen molar-refractivity contribution >= 4 is 12.4 Å². The summed E-state index contributed by atoms with van der Waals surface area (Å²) in [7, 11) is 0. The van der Waals surface area contributed by atoms with E-state index in [9.17, 15) is 0 Å². The summed E-state index contributed by atoms with van der Waals surface area (Å²) in [5.41, 5.74) is 0. The second-order valence-corrected chi connectivity index (χ2v) is 7.81. The first-order chi connectivity index (χ1) is 12.9. The second-order valence-electron chi connectivity index (χ2n) is 7.81. The van der Waals surface area contributed by atoms with Gasteiger partial charge < -0.3 is 9.67 Å². The quantitative estimate of drug-likeness (QED) is 0.251. The number of aryl methyl sites for hydroxylation is 1. The Kier molecular flexibility index (Phi) is 19.8. The zero-order valence-corrected chi connectivity index (χ0v) is 18.7. The summed E-state index contributed by atoms with van der Waals surface area (Å²) in [4.78, 5) is 4.39. The van der Waals surface area contributed by atoms with Gasteiger partial charge >= 0.3 is 0 Å². The monoisotopic (exact) mass is 400 g/mol. The Hall–Kier alpha value is -0.540. The van der Waals surface area contributed by atoms with Crippen LogP contribution in [0.15, 0.2) is 12.4 Å². The van der Waals surface area contributed by atoms with Crippen molar-refractivity contribution in [1.82, 2.24) is 9.55 Å². The molecule has 0 fully saturated rings. The van der Waals surface area contributed by atoms with Crippen molar-refractivity contribution in [3.63, 3.8) is 0 Å². The van der Waals surface area contributed by atoms with Crippen LogP contribution in [0.25, 0.3) is 0 Å². The molecule has 27 heavy (non-hydrogen) atoms. The van der Waals surface area contributed by atoms with Crippen molar-refractivity contribution in [3.8, 4) is 0 Å². The number of unbranched alkanes of at least 4 members (excludes halogenated alkanes) is 15. The maximum atomic E-state index is 9.03. The fourth-order valence-electron chi connectivity index (χ4n) is 3.71. The van der Waals surface area contributed by atoms with Gasteiger partial charge in [-0.05, 0) is 6.42 Å². The first kappa shape index (κ1) is 26.5. The first-order valence-corrected chi connectivity index (χ1v) is 11.5. The Labute approximate surface area is 174 Å². The predicted molar refractivity (Wildman–Crippen MR) is 120 cm³/mol. The molecule has 0 aliphatic heterocycles. The van der Waals surface area contributed by atoms with Crippen molar-refractivity contribution in [1.29, 1.82) is 0 Å². The maximum Gasteiger partial charge on any atom is 0.108 e. The topological polar surface area (TPSA) is 38.0 Å². The molecule has 0 aliphatic rings. The highest BCUT2D eigenvalue weighted by molar-refractivity contribution is 5.85. The molecule has 0 bridgehead atoms. The minimum atomic E-state index is 0. The van der Waals surface area contributed by atoms with Crippen LogP contribution in [0.2, 0.25) is 0 Å². The molecule has 1 rings (SSSR count). The van der Waals surface area contributed by atoms with Crippen molar-refractivity contribution in [2.75, 3.05) is 6.61 Å². The van der Waals surface area contributed by atoms with Crippen LogP contribution in [0.5, 0.6) is 0 Å². The van der Waals surface area contributed by atoms with Crippen LogP contribution < -0.4 is 0 Å². The molecule has 0 aliphatic carbocycles. The lowest BCUT2D eigenvalue weighted by Gasteiger charge is -2.06. The summed E-state index contributed by atoms with van der Waals surface area (Å²) in [6, 6.07) is 0. The number of aromatic nitrogens is 2. The molecule has 0 saturated heterocycles. The number of imidazole rings is 1. The van der Waals surface area contributed by atoms with Gasteiger partial charge in [-0.3, -0.25) is 0 Å². The summed E-state index contributed by atoms with van der Waals surface area (Å²) in [6.07, 6.45) is 27.4. The van der Waals surface area contributed by atoms with E-state index >= 15 is 0 Å². The van der Waals surface area contributed by atoms with Crippen LogP contribution in [-0.4, -0.2) is 21.3 Å². The standard InChI is InChI=1S/C23H44N2O.ClH/c1-2-3-4-5-6-7-8-9-10-11-12-13-14-15-16-17-18-23-24-19-20-25(23)21-22-26;/h19-20,26H,2-18,21-22H2,1H3;1H. The Balaban J connectivity index is 0.00000676. The van der Waals surface area contributed by atoms with E-state index in [4.69, 9.17) is 5.11 Å². The summed E-state index contributed by atoms with van der Waals surface area (Å²) in [6.45, 7) is 3.16. The molecule has 1 N–H and O–H groups in total. The molecule has 1 aromatic heterocycles. The fourth-order valence-corrected chi connectivity index (χ4v) is 3.71. The Morgan fingerprint density at radius 2 is 1.19 bits per heavy atom. The van der Waals surface area contributed by atoms with Gasteiger partial charge in [-0.25, -0.2) is 4.98 Å². The minimum absolute atomic E-state index is 0. The smallest absolute Gasteiger partial charge is 0.108 e. The molecule has 3 nitrogen and oxygen atoms in total. The van der Waals surface area contributed by atoms with Gasteiger partial charge in [0.05, 0.1) is 6.61 Å². The Morgan fingerprint density at radius 3 is 1.63 bits per heavy atom. The van der Waals surface area contributed by atoms with E-state index in [1.54, 1.807) is 0 Å². The number of halogens is 1. The maximum absolute atomic E-state index is 9.03. The second kappa shape index (κ2) is 20.2. The van der Waals surface area contributed by atoms with Crippen LogP contribution in [0.3, 0.4) is 0 Å². The molecule has 0 atom stereocenters. The largest absolute Gasteiger partial charge is 0.395 e. The summed E-state index contributed by atoms with van der Waals surface area (Å²) in [5.74, 6) is 1.13. The van der Waals surface area contributed by atoms with E-state index in [0.717, 1.165) is 12.2 Å². The molecule has 0 radical (unpaired) electrons. The molecule has 0 aromatic carbocycles. The van der Waals surface area contributed by atoms with Crippen LogP contribution >= 0.6 is 12.4 Å². The van der Waals surface area contributed by atoms with Crippen LogP contribution in [-0.2, 0) is 13.0 Å². The molecule has 0 unspecified atom stereocenters. The SMILES string of the molecule is CCCCCCCCCCCCCCCCCCc1nccn1CCO.Cl. The van der Waals surface area contributed by atoms with Crippen molar-refractivity contribution in [3.05, 3.63) is 18.2 Å². The van der Waals surface area contributed by atoms with Gasteiger partial charge in [-0.1, -0.05) is 103 Å². The van der Waals surface area contributed by atoms with Gasteiger partial charge in [-0.15, -0.1) is 12.4 Å². The number of nitrogens with zero attached hydrogens (tertiary/aromatic N) is 2. The number of rotatable bonds is 19. The first-order valence-electron chi connectivity index (χ1n) is 11.5. The number of aliphatic hydroxyl groups excluding tert-OH is 1. The van der Waals surface area contributed by atoms with Crippen LogP contribution in [0.1, 0.15) is 115 Å². The molecular weight excluding hydrogens is 356 g/mol. The molecule has 0 amide bonds.